The molecule has 2 aliphatic rings. The number of methoxy groups -OCH3 is 1. The van der Waals surface area contributed by atoms with Crippen molar-refractivity contribution in [1.29, 1.82) is 0 Å². The number of nitrogens with zero attached hydrogens (tertiary/aromatic N) is 4. The van der Waals surface area contributed by atoms with E-state index in [1.165, 1.54) is 13.3 Å². The van der Waals surface area contributed by atoms with Gasteiger partial charge in [-0.05, 0) is 73.7 Å². The SMILES string of the molecule is COc1ncc(-c2ccc3ncn(C4CCN(C(=O)C5CC5)CC4)c(=O)c3c2)cc1NS(=O)(=O)c1ccc(F)cc1. The van der Waals surface area contributed by atoms with E-state index in [1.807, 2.05) is 4.90 Å². The molecular weight excluding hydrogens is 549 g/mol. The van der Waals surface area contributed by atoms with Crippen molar-refractivity contribution in [3.05, 3.63) is 77.2 Å². The maximum atomic E-state index is 13.6. The fourth-order valence-corrected chi connectivity index (χ4v) is 6.24. The number of carbonyl (C=O) groups is 1. The molecule has 1 aliphatic carbocycles. The highest BCUT2D eigenvalue weighted by Gasteiger charge is 2.35. The summed E-state index contributed by atoms with van der Waals surface area (Å²) < 4.78 is 48.6. The van der Waals surface area contributed by atoms with Gasteiger partial charge in [0.1, 0.15) is 11.5 Å². The number of nitrogens with one attached hydrogen (secondary N) is 1. The predicted octanol–water partition coefficient (Wildman–Crippen LogP) is 3.98. The first-order valence-corrected chi connectivity index (χ1v) is 14.8. The lowest BCUT2D eigenvalue weighted by Gasteiger charge is -2.33. The molecule has 1 amide bonds. The van der Waals surface area contributed by atoms with E-state index in [4.69, 9.17) is 4.74 Å². The number of fused-ring (bicyclic) bond motifs is 1. The fraction of sp³-hybridized carbons (Fsp3) is 0.310. The van der Waals surface area contributed by atoms with Crippen molar-refractivity contribution in [2.45, 2.75) is 36.6 Å². The van der Waals surface area contributed by atoms with Crippen LogP contribution in [0.25, 0.3) is 22.0 Å². The lowest BCUT2D eigenvalue weighted by molar-refractivity contribution is -0.133. The number of aromatic nitrogens is 3. The number of halogens is 1. The van der Waals surface area contributed by atoms with Crippen LogP contribution in [0.5, 0.6) is 5.88 Å². The van der Waals surface area contributed by atoms with Gasteiger partial charge < -0.3 is 9.64 Å². The lowest BCUT2D eigenvalue weighted by atomic mass is 10.0. The summed E-state index contributed by atoms with van der Waals surface area (Å²) in [5.74, 6) is -0.0920. The number of amides is 1. The van der Waals surface area contributed by atoms with Gasteiger partial charge in [-0.2, -0.15) is 0 Å². The largest absolute Gasteiger partial charge is 0.480 e. The number of sulfonamides is 1. The Morgan fingerprint density at radius 3 is 2.41 bits per heavy atom. The second-order valence-electron chi connectivity index (χ2n) is 10.4. The van der Waals surface area contributed by atoms with Crippen LogP contribution in [0.1, 0.15) is 31.7 Å². The third kappa shape index (κ3) is 5.39. The Labute approximate surface area is 235 Å². The van der Waals surface area contributed by atoms with Crippen LogP contribution < -0.4 is 15.0 Å². The molecule has 1 N–H and O–H groups in total. The van der Waals surface area contributed by atoms with Crippen LogP contribution >= 0.6 is 0 Å². The van der Waals surface area contributed by atoms with Crippen LogP contribution in [0.15, 0.2) is 70.7 Å². The molecule has 0 atom stereocenters. The molecule has 12 heteroatoms. The summed E-state index contributed by atoms with van der Waals surface area (Å²) in [6, 6.07) is 11.2. The number of carbonyl (C=O) groups excluding carboxylic acids is 1. The van der Waals surface area contributed by atoms with Crippen molar-refractivity contribution in [3.63, 3.8) is 0 Å². The van der Waals surface area contributed by atoms with Crippen molar-refractivity contribution in [1.82, 2.24) is 19.4 Å². The molecule has 2 aromatic heterocycles. The summed E-state index contributed by atoms with van der Waals surface area (Å²) in [7, 11) is -2.69. The normalized spacial score (nSPS) is 16.1. The molecule has 1 saturated carbocycles. The molecule has 212 valence electrons. The van der Waals surface area contributed by atoms with E-state index < -0.39 is 15.8 Å². The number of piperidine rings is 1. The third-order valence-corrected chi connectivity index (χ3v) is 9.01. The van der Waals surface area contributed by atoms with E-state index in [1.54, 1.807) is 35.2 Å². The van der Waals surface area contributed by atoms with Crippen molar-refractivity contribution < 1.29 is 22.3 Å². The molecule has 2 aromatic carbocycles. The topological polar surface area (TPSA) is 123 Å². The van der Waals surface area contributed by atoms with E-state index in [2.05, 4.69) is 14.7 Å². The minimum atomic E-state index is -4.06. The molecule has 0 bridgehead atoms. The number of likely N-dealkylation sites (tertiary alicyclic amines) is 1. The summed E-state index contributed by atoms with van der Waals surface area (Å²) in [5.41, 5.74) is 1.63. The average molecular weight is 578 g/mol. The number of rotatable bonds is 7. The smallest absolute Gasteiger partial charge is 0.262 e. The number of ether oxygens (including phenoxy) is 1. The Bertz CT molecular complexity index is 1800. The Kier molecular flexibility index (Phi) is 6.94. The van der Waals surface area contributed by atoms with Gasteiger partial charge in [-0.3, -0.25) is 18.9 Å². The van der Waals surface area contributed by atoms with Gasteiger partial charge in [0.2, 0.25) is 11.8 Å². The molecule has 6 rings (SSSR count). The summed E-state index contributed by atoms with van der Waals surface area (Å²) in [6.45, 7) is 1.25. The number of hydrogen-bond acceptors (Lipinski definition) is 7. The zero-order valence-corrected chi connectivity index (χ0v) is 23.1. The molecule has 4 aromatic rings. The van der Waals surface area contributed by atoms with Gasteiger partial charge >= 0.3 is 0 Å². The molecule has 1 saturated heterocycles. The van der Waals surface area contributed by atoms with Crippen LogP contribution in [0.3, 0.4) is 0 Å². The number of pyridine rings is 1. The van der Waals surface area contributed by atoms with Gasteiger partial charge in [0.25, 0.3) is 15.6 Å². The summed E-state index contributed by atoms with van der Waals surface area (Å²) in [6.07, 6.45) is 6.42. The second-order valence-corrected chi connectivity index (χ2v) is 12.0. The van der Waals surface area contributed by atoms with E-state index in [9.17, 15) is 22.4 Å². The fourth-order valence-electron chi connectivity index (χ4n) is 5.19. The summed E-state index contributed by atoms with van der Waals surface area (Å²) >= 11 is 0. The van der Waals surface area contributed by atoms with Crippen LogP contribution in [0.4, 0.5) is 10.1 Å². The van der Waals surface area contributed by atoms with Crippen molar-refractivity contribution in [2.24, 2.45) is 5.92 Å². The van der Waals surface area contributed by atoms with Crippen LogP contribution in [0, 0.1) is 11.7 Å². The van der Waals surface area contributed by atoms with E-state index >= 15 is 0 Å². The highest BCUT2D eigenvalue weighted by molar-refractivity contribution is 7.92. The van der Waals surface area contributed by atoms with E-state index in [0.29, 0.717) is 48.0 Å². The van der Waals surface area contributed by atoms with Gasteiger partial charge in [-0.1, -0.05) is 6.07 Å². The van der Waals surface area contributed by atoms with Gasteiger partial charge in [0, 0.05) is 36.8 Å². The minimum absolute atomic E-state index is 0.0516. The highest BCUT2D eigenvalue weighted by Crippen LogP contribution is 2.34. The van der Waals surface area contributed by atoms with Gasteiger partial charge in [0.15, 0.2) is 0 Å². The molecule has 0 unspecified atom stereocenters. The number of benzene rings is 2. The quantitative estimate of drug-likeness (QED) is 0.352. The van der Waals surface area contributed by atoms with Crippen LogP contribution in [-0.2, 0) is 14.8 Å². The van der Waals surface area contributed by atoms with E-state index in [-0.39, 0.29) is 39.9 Å². The first-order valence-electron chi connectivity index (χ1n) is 13.4. The molecular formula is C29H28FN5O5S. The number of hydrogen-bond donors (Lipinski definition) is 1. The molecule has 0 radical (unpaired) electrons. The van der Waals surface area contributed by atoms with Gasteiger partial charge in [-0.15, -0.1) is 0 Å². The van der Waals surface area contributed by atoms with Crippen molar-refractivity contribution >= 4 is 32.5 Å². The molecule has 41 heavy (non-hydrogen) atoms. The Balaban J connectivity index is 1.29. The van der Waals surface area contributed by atoms with Crippen LogP contribution in [0.2, 0.25) is 0 Å². The molecule has 0 spiro atoms. The first-order chi connectivity index (χ1) is 19.7. The summed E-state index contributed by atoms with van der Waals surface area (Å²) in [5, 5.41) is 0.422. The zero-order valence-electron chi connectivity index (χ0n) is 22.3. The van der Waals surface area contributed by atoms with Crippen molar-refractivity contribution in [2.75, 3.05) is 24.9 Å². The zero-order chi connectivity index (χ0) is 28.7. The monoisotopic (exact) mass is 577 g/mol. The average Bonchev–Trinajstić information content (AvgIpc) is 3.83. The maximum absolute atomic E-state index is 13.6. The third-order valence-electron chi connectivity index (χ3n) is 7.62. The highest BCUT2D eigenvalue weighted by atomic mass is 32.2. The van der Waals surface area contributed by atoms with E-state index in [0.717, 1.165) is 37.1 Å². The Hall–Kier alpha value is -4.32. The first kappa shape index (κ1) is 26.9. The van der Waals surface area contributed by atoms with Gasteiger partial charge in [0.05, 0.1) is 29.2 Å². The molecule has 2 fully saturated rings. The Morgan fingerprint density at radius 1 is 1.00 bits per heavy atom. The molecule has 10 nitrogen and oxygen atoms in total. The second kappa shape index (κ2) is 10.6. The number of anilines is 1. The van der Waals surface area contributed by atoms with Crippen molar-refractivity contribution in [3.8, 4) is 17.0 Å². The standard InChI is InChI=1S/C29H28FN5O5S/c1-40-27-26(33-41(38,39)23-7-5-21(30)6-8-23)15-20(16-31-27)19-4-9-25-24(14-19)29(37)35(17-32-25)22-10-12-34(13-11-22)28(36)18-2-3-18/h4-9,14-18,22,33H,2-3,10-13H2,1H3. The lowest BCUT2D eigenvalue weighted by Crippen LogP contribution is -2.41. The van der Waals surface area contributed by atoms with Crippen LogP contribution in [-0.4, -0.2) is 54.0 Å². The minimum Gasteiger partial charge on any atom is -0.480 e. The Morgan fingerprint density at radius 2 is 1.73 bits per heavy atom. The molecule has 1 aliphatic heterocycles. The van der Waals surface area contributed by atoms with Gasteiger partial charge in [-0.25, -0.2) is 22.8 Å². The maximum Gasteiger partial charge on any atom is 0.262 e. The summed E-state index contributed by atoms with van der Waals surface area (Å²) in [4.78, 5) is 36.5. The predicted molar refractivity (Wildman–Crippen MR) is 151 cm³/mol. The molecule has 3 heterocycles.